The highest BCUT2D eigenvalue weighted by atomic mass is 35.5. The number of imide groups is 1. The van der Waals surface area contributed by atoms with Gasteiger partial charge in [0.15, 0.2) is 0 Å². The number of oxime groups is 1. The zero-order valence-corrected chi connectivity index (χ0v) is 22.9. The summed E-state index contributed by atoms with van der Waals surface area (Å²) in [7, 11) is 1.57. The first-order valence-electron chi connectivity index (χ1n) is 12.9. The van der Waals surface area contributed by atoms with Crippen LogP contribution in [0.25, 0.3) is 0 Å². The molecule has 1 fully saturated rings. The van der Waals surface area contributed by atoms with E-state index in [1.165, 1.54) is 11.0 Å². The maximum Gasteiger partial charge on any atom is 0.335 e. The number of hydrogen-bond donors (Lipinski definition) is 1. The average molecular weight is 543 g/mol. The number of carbonyl (C=O) groups is 3. The molecule has 204 valence electrons. The second-order valence-electron chi connectivity index (χ2n) is 9.44. The Bertz CT molecular complexity index is 1180. The monoisotopic (exact) mass is 542 g/mol. The molecule has 0 aliphatic carbocycles. The van der Waals surface area contributed by atoms with E-state index in [4.69, 9.17) is 21.2 Å². The van der Waals surface area contributed by atoms with E-state index in [2.05, 4.69) is 5.16 Å². The van der Waals surface area contributed by atoms with E-state index in [1.54, 1.807) is 37.4 Å². The van der Waals surface area contributed by atoms with Gasteiger partial charge < -0.3 is 14.7 Å². The Morgan fingerprint density at radius 1 is 1.21 bits per heavy atom. The highest BCUT2D eigenvalue weighted by molar-refractivity contribution is 6.30. The first-order chi connectivity index (χ1) is 18.3. The fraction of sp³-hybridized carbons (Fsp3) is 0.448. The number of aromatic carboxylic acids is 1. The molecule has 38 heavy (non-hydrogen) atoms. The highest BCUT2D eigenvalue weighted by Crippen LogP contribution is 2.30. The molecule has 2 aromatic rings. The Morgan fingerprint density at radius 2 is 2.00 bits per heavy atom. The number of amides is 2. The molecular formula is C29H35ClN2O6. The van der Waals surface area contributed by atoms with Crippen LogP contribution in [0.1, 0.15) is 73.4 Å². The van der Waals surface area contributed by atoms with Crippen LogP contribution >= 0.6 is 11.6 Å². The minimum atomic E-state index is -1.03. The average Bonchev–Trinajstić information content (AvgIpc) is 3.06. The summed E-state index contributed by atoms with van der Waals surface area (Å²) in [5.41, 5.74) is 2.35. The molecule has 1 unspecified atom stereocenters. The van der Waals surface area contributed by atoms with Crippen LogP contribution in [0.4, 0.5) is 0 Å². The molecule has 0 bridgehead atoms. The van der Waals surface area contributed by atoms with Gasteiger partial charge >= 0.3 is 5.97 Å². The van der Waals surface area contributed by atoms with Crippen LogP contribution in [0.2, 0.25) is 5.02 Å². The predicted octanol–water partition coefficient (Wildman–Crippen LogP) is 5.72. The SMILES string of the molecule is CCCO/N=C1\CCC(Cc2cc(Cl)ccc2OC)C(=O)N(C(=O)C[C@H](CC)c2cccc(C(=O)O)c2)C1. The normalized spacial score (nSPS) is 17.7. The number of carboxylic acids is 1. The van der Waals surface area contributed by atoms with Crippen molar-refractivity contribution in [2.75, 3.05) is 20.3 Å². The van der Waals surface area contributed by atoms with E-state index in [9.17, 15) is 19.5 Å². The van der Waals surface area contributed by atoms with Gasteiger partial charge in [-0.05, 0) is 79.5 Å². The molecular weight excluding hydrogens is 508 g/mol. The van der Waals surface area contributed by atoms with Gasteiger partial charge in [0.1, 0.15) is 12.4 Å². The molecule has 2 atom stereocenters. The second-order valence-corrected chi connectivity index (χ2v) is 9.88. The topological polar surface area (TPSA) is 106 Å². The van der Waals surface area contributed by atoms with Crippen molar-refractivity contribution in [3.63, 3.8) is 0 Å². The van der Waals surface area contributed by atoms with Gasteiger partial charge in [0.25, 0.3) is 0 Å². The van der Waals surface area contributed by atoms with Gasteiger partial charge in [-0.1, -0.05) is 42.7 Å². The lowest BCUT2D eigenvalue weighted by molar-refractivity contribution is -0.146. The fourth-order valence-electron chi connectivity index (χ4n) is 4.64. The van der Waals surface area contributed by atoms with Crippen LogP contribution in [0.3, 0.4) is 0 Å². The lowest BCUT2D eigenvalue weighted by Crippen LogP contribution is -2.42. The van der Waals surface area contributed by atoms with Crippen LogP contribution in [0.5, 0.6) is 5.75 Å². The van der Waals surface area contributed by atoms with Crippen LogP contribution in [0.15, 0.2) is 47.6 Å². The Morgan fingerprint density at radius 3 is 2.68 bits per heavy atom. The number of nitrogens with zero attached hydrogens (tertiary/aromatic N) is 2. The van der Waals surface area contributed by atoms with Crippen molar-refractivity contribution in [3.8, 4) is 5.75 Å². The Labute approximate surface area is 228 Å². The smallest absolute Gasteiger partial charge is 0.335 e. The Balaban J connectivity index is 1.88. The standard InChI is InChI=1S/C29H35ClN2O6/c1-4-13-38-31-25-11-9-21(15-23-16-24(30)10-12-26(23)37-3)28(34)32(18-25)27(33)17-19(5-2)20-7-6-8-22(14-20)29(35)36/h6-8,10,12,14,16,19,21H,4-5,9,11,13,15,17-18H2,1-3H3,(H,35,36)/b31-25+/t19-,21?/m0/s1. The van der Waals surface area contributed by atoms with E-state index in [1.807, 2.05) is 19.9 Å². The van der Waals surface area contributed by atoms with Crippen LogP contribution in [0, 0.1) is 5.92 Å². The molecule has 0 aromatic heterocycles. The van der Waals surface area contributed by atoms with Crippen LogP contribution in [-0.4, -0.2) is 53.8 Å². The summed E-state index contributed by atoms with van der Waals surface area (Å²) >= 11 is 6.22. The van der Waals surface area contributed by atoms with Gasteiger partial charge in [0, 0.05) is 17.4 Å². The molecule has 1 heterocycles. The van der Waals surface area contributed by atoms with Crippen molar-refractivity contribution in [2.45, 2.75) is 58.3 Å². The van der Waals surface area contributed by atoms with E-state index >= 15 is 0 Å². The third-order valence-electron chi connectivity index (χ3n) is 6.75. The van der Waals surface area contributed by atoms with E-state index in [-0.39, 0.29) is 36.3 Å². The molecule has 1 aliphatic heterocycles. The number of carbonyl (C=O) groups excluding carboxylic acids is 2. The minimum Gasteiger partial charge on any atom is -0.496 e. The molecule has 3 rings (SSSR count). The molecule has 0 saturated carbocycles. The molecule has 8 nitrogen and oxygen atoms in total. The van der Waals surface area contributed by atoms with Gasteiger partial charge in [0.2, 0.25) is 11.8 Å². The summed E-state index contributed by atoms with van der Waals surface area (Å²) in [4.78, 5) is 45.5. The van der Waals surface area contributed by atoms with E-state index in [0.717, 1.165) is 17.5 Å². The molecule has 9 heteroatoms. The van der Waals surface area contributed by atoms with Crippen molar-refractivity contribution >= 4 is 35.1 Å². The van der Waals surface area contributed by atoms with Crippen molar-refractivity contribution < 1.29 is 29.1 Å². The Hall–Kier alpha value is -3.39. The van der Waals surface area contributed by atoms with Crippen LogP contribution < -0.4 is 4.74 Å². The van der Waals surface area contributed by atoms with Gasteiger partial charge in [-0.3, -0.25) is 14.5 Å². The molecule has 1 N–H and O–H groups in total. The second kappa shape index (κ2) is 14.0. The lowest BCUT2D eigenvalue weighted by atomic mass is 9.91. The number of halogens is 1. The summed E-state index contributed by atoms with van der Waals surface area (Å²) < 4.78 is 5.48. The lowest BCUT2D eigenvalue weighted by Gasteiger charge is -2.25. The van der Waals surface area contributed by atoms with Gasteiger partial charge in [-0.2, -0.15) is 0 Å². The molecule has 0 spiro atoms. The molecule has 1 saturated heterocycles. The zero-order valence-electron chi connectivity index (χ0n) is 22.1. The van der Waals surface area contributed by atoms with Gasteiger partial charge in [0.05, 0.1) is 24.9 Å². The number of ether oxygens (including phenoxy) is 1. The maximum atomic E-state index is 13.8. The number of rotatable bonds is 11. The van der Waals surface area contributed by atoms with E-state index < -0.39 is 11.9 Å². The number of methoxy groups -OCH3 is 1. The number of benzene rings is 2. The third-order valence-corrected chi connectivity index (χ3v) is 6.99. The molecule has 0 radical (unpaired) electrons. The number of carboxylic acid groups (broad SMARTS) is 1. The maximum absolute atomic E-state index is 13.8. The van der Waals surface area contributed by atoms with E-state index in [0.29, 0.717) is 48.8 Å². The third kappa shape index (κ3) is 7.57. The van der Waals surface area contributed by atoms with Crippen LogP contribution in [-0.2, 0) is 20.8 Å². The van der Waals surface area contributed by atoms with Crippen molar-refractivity contribution in [1.82, 2.24) is 4.90 Å². The zero-order chi connectivity index (χ0) is 27.7. The van der Waals surface area contributed by atoms with Crippen molar-refractivity contribution in [2.24, 2.45) is 11.1 Å². The quantitative estimate of drug-likeness (QED) is 0.287. The van der Waals surface area contributed by atoms with Gasteiger partial charge in [-0.15, -0.1) is 0 Å². The fourth-order valence-corrected chi connectivity index (χ4v) is 4.84. The molecule has 2 aromatic carbocycles. The number of hydrogen-bond acceptors (Lipinski definition) is 6. The summed E-state index contributed by atoms with van der Waals surface area (Å²) in [5.74, 6) is -1.69. The largest absolute Gasteiger partial charge is 0.496 e. The first-order valence-corrected chi connectivity index (χ1v) is 13.3. The summed E-state index contributed by atoms with van der Waals surface area (Å²) in [6, 6.07) is 11.9. The predicted molar refractivity (Wildman–Crippen MR) is 146 cm³/mol. The van der Waals surface area contributed by atoms with Crippen molar-refractivity contribution in [1.29, 1.82) is 0 Å². The molecule has 2 amide bonds. The summed E-state index contributed by atoms with van der Waals surface area (Å²) in [5, 5.41) is 14.2. The highest BCUT2D eigenvalue weighted by Gasteiger charge is 2.35. The minimum absolute atomic E-state index is 0.0656. The first kappa shape index (κ1) is 29.2. The van der Waals surface area contributed by atoms with Gasteiger partial charge in [-0.25, -0.2) is 4.79 Å². The Kier molecular flexibility index (Phi) is 10.7. The summed E-state index contributed by atoms with van der Waals surface area (Å²) in [6.45, 7) is 4.43. The number of likely N-dealkylation sites (tertiary alicyclic amines) is 1. The molecule has 1 aliphatic rings. The summed E-state index contributed by atoms with van der Waals surface area (Å²) in [6.07, 6.45) is 2.87. The van der Waals surface area contributed by atoms with Crippen molar-refractivity contribution in [3.05, 3.63) is 64.2 Å².